The Morgan fingerprint density at radius 3 is 2.53 bits per heavy atom. The van der Waals surface area contributed by atoms with Crippen LogP contribution in [-0.2, 0) is 0 Å². The average molecular weight is 205 g/mol. The second-order valence-corrected chi connectivity index (χ2v) is 2.95. The molecule has 0 aliphatic carbocycles. The number of aromatic nitrogens is 3. The number of aryl methyl sites for hydroxylation is 1. The van der Waals surface area contributed by atoms with E-state index in [1.807, 2.05) is 19.1 Å². The van der Waals surface area contributed by atoms with Crippen LogP contribution in [0.1, 0.15) is 5.56 Å². The van der Waals surface area contributed by atoms with Crippen molar-refractivity contribution in [3.05, 3.63) is 42.2 Å². The molecule has 76 valence electrons. The minimum absolute atomic E-state index is 0.0497. The maximum absolute atomic E-state index is 12.6. The van der Waals surface area contributed by atoms with Gasteiger partial charge in [-0.05, 0) is 19.1 Å². The van der Waals surface area contributed by atoms with Crippen LogP contribution in [0.3, 0.4) is 0 Å². The fourth-order valence-corrected chi connectivity index (χ4v) is 1.02. The Morgan fingerprint density at radius 2 is 1.87 bits per heavy atom. The molecule has 0 fully saturated rings. The highest BCUT2D eigenvalue weighted by Gasteiger charge is 2.01. The maximum atomic E-state index is 12.6. The van der Waals surface area contributed by atoms with Gasteiger partial charge in [-0.2, -0.15) is 14.4 Å². The Balaban J connectivity index is 2.18. The molecule has 4 nitrogen and oxygen atoms in total. The molecule has 0 radical (unpaired) electrons. The van der Waals surface area contributed by atoms with Crippen LogP contribution in [0.25, 0.3) is 0 Å². The fraction of sp³-hybridized carbons (Fsp3) is 0.100. The SMILES string of the molecule is Cc1ccc(Oc2ncnc(F)n2)cc1. The summed E-state index contributed by atoms with van der Waals surface area (Å²) < 4.78 is 17.8. The molecule has 1 heterocycles. The van der Waals surface area contributed by atoms with Crippen LogP contribution in [0.15, 0.2) is 30.6 Å². The van der Waals surface area contributed by atoms with E-state index in [1.165, 1.54) is 0 Å². The van der Waals surface area contributed by atoms with E-state index in [4.69, 9.17) is 4.74 Å². The summed E-state index contributed by atoms with van der Waals surface area (Å²) in [6, 6.07) is 7.24. The summed E-state index contributed by atoms with van der Waals surface area (Å²) in [7, 11) is 0. The average Bonchev–Trinajstić information content (AvgIpc) is 2.22. The van der Waals surface area contributed by atoms with Gasteiger partial charge in [0.15, 0.2) is 0 Å². The normalized spacial score (nSPS) is 10.0. The van der Waals surface area contributed by atoms with Gasteiger partial charge in [-0.15, -0.1) is 4.98 Å². The minimum atomic E-state index is -0.855. The molecule has 1 aromatic carbocycles. The zero-order valence-corrected chi connectivity index (χ0v) is 8.01. The third-order valence-corrected chi connectivity index (χ3v) is 1.75. The molecule has 0 spiro atoms. The van der Waals surface area contributed by atoms with Gasteiger partial charge in [-0.25, -0.2) is 0 Å². The van der Waals surface area contributed by atoms with Crippen LogP contribution in [0.4, 0.5) is 4.39 Å². The summed E-state index contributed by atoms with van der Waals surface area (Å²) in [6.45, 7) is 1.96. The highest BCUT2D eigenvalue weighted by molar-refractivity contribution is 5.28. The third-order valence-electron chi connectivity index (χ3n) is 1.75. The summed E-state index contributed by atoms with van der Waals surface area (Å²) in [5, 5.41) is 0. The first kappa shape index (κ1) is 9.51. The first-order valence-corrected chi connectivity index (χ1v) is 4.33. The lowest BCUT2D eigenvalue weighted by atomic mass is 10.2. The van der Waals surface area contributed by atoms with Gasteiger partial charge in [0.25, 0.3) is 0 Å². The van der Waals surface area contributed by atoms with Gasteiger partial charge in [0, 0.05) is 0 Å². The number of hydrogen-bond donors (Lipinski definition) is 0. The second-order valence-electron chi connectivity index (χ2n) is 2.95. The van der Waals surface area contributed by atoms with Gasteiger partial charge in [-0.1, -0.05) is 17.7 Å². The predicted molar refractivity (Wildman–Crippen MR) is 51.0 cm³/mol. The Bertz CT molecular complexity index is 458. The van der Waals surface area contributed by atoms with Gasteiger partial charge < -0.3 is 4.74 Å². The van der Waals surface area contributed by atoms with Crippen LogP contribution in [0.2, 0.25) is 0 Å². The zero-order valence-electron chi connectivity index (χ0n) is 8.01. The van der Waals surface area contributed by atoms with E-state index < -0.39 is 6.08 Å². The lowest BCUT2D eigenvalue weighted by Crippen LogP contribution is -1.96. The van der Waals surface area contributed by atoms with Crippen molar-refractivity contribution in [3.8, 4) is 11.8 Å². The highest BCUT2D eigenvalue weighted by Crippen LogP contribution is 2.17. The topological polar surface area (TPSA) is 47.9 Å². The van der Waals surface area contributed by atoms with Crippen LogP contribution >= 0.6 is 0 Å². The van der Waals surface area contributed by atoms with Crippen LogP contribution in [0, 0.1) is 13.0 Å². The fourth-order valence-electron chi connectivity index (χ4n) is 1.02. The van der Waals surface area contributed by atoms with Crippen molar-refractivity contribution in [3.63, 3.8) is 0 Å². The Hall–Kier alpha value is -2.04. The molecule has 0 unspecified atom stereocenters. The number of halogens is 1. The van der Waals surface area contributed by atoms with Crippen molar-refractivity contribution in [2.75, 3.05) is 0 Å². The van der Waals surface area contributed by atoms with Crippen LogP contribution < -0.4 is 4.74 Å². The van der Waals surface area contributed by atoms with Crippen molar-refractivity contribution < 1.29 is 9.13 Å². The molecule has 0 bridgehead atoms. The number of rotatable bonds is 2. The van der Waals surface area contributed by atoms with Gasteiger partial charge >= 0.3 is 12.1 Å². The molecule has 15 heavy (non-hydrogen) atoms. The van der Waals surface area contributed by atoms with E-state index in [2.05, 4.69) is 15.0 Å². The smallest absolute Gasteiger partial charge is 0.327 e. The largest absolute Gasteiger partial charge is 0.424 e. The van der Waals surface area contributed by atoms with E-state index in [1.54, 1.807) is 12.1 Å². The Kier molecular flexibility index (Phi) is 2.53. The molecule has 0 aliphatic rings. The summed E-state index contributed by atoms with van der Waals surface area (Å²) in [5.41, 5.74) is 1.11. The molecule has 2 rings (SSSR count). The van der Waals surface area contributed by atoms with Crippen molar-refractivity contribution in [2.24, 2.45) is 0 Å². The molecule has 0 N–H and O–H groups in total. The van der Waals surface area contributed by atoms with Crippen molar-refractivity contribution in [1.29, 1.82) is 0 Å². The molecule has 0 amide bonds. The van der Waals surface area contributed by atoms with Crippen LogP contribution in [-0.4, -0.2) is 15.0 Å². The van der Waals surface area contributed by atoms with Crippen molar-refractivity contribution in [1.82, 2.24) is 15.0 Å². The number of nitrogens with zero attached hydrogens (tertiary/aromatic N) is 3. The molecule has 5 heteroatoms. The van der Waals surface area contributed by atoms with Crippen molar-refractivity contribution in [2.45, 2.75) is 6.92 Å². The molecule has 0 saturated heterocycles. The van der Waals surface area contributed by atoms with Gasteiger partial charge in [0.2, 0.25) is 0 Å². The predicted octanol–water partition coefficient (Wildman–Crippen LogP) is 2.11. The molecule has 2 aromatic rings. The maximum Gasteiger partial charge on any atom is 0.327 e. The highest BCUT2D eigenvalue weighted by atomic mass is 19.1. The van der Waals surface area contributed by atoms with Gasteiger partial charge in [0.1, 0.15) is 12.1 Å². The molecular weight excluding hydrogens is 197 g/mol. The van der Waals surface area contributed by atoms with E-state index in [-0.39, 0.29) is 6.01 Å². The summed E-state index contributed by atoms with van der Waals surface area (Å²) >= 11 is 0. The Labute approximate surface area is 85.8 Å². The van der Waals surface area contributed by atoms with E-state index >= 15 is 0 Å². The first-order chi connectivity index (χ1) is 7.24. The summed E-state index contributed by atoms with van der Waals surface area (Å²) in [6.07, 6.45) is 0.207. The van der Waals surface area contributed by atoms with E-state index in [9.17, 15) is 4.39 Å². The van der Waals surface area contributed by atoms with E-state index in [0.717, 1.165) is 11.9 Å². The third kappa shape index (κ3) is 2.46. The van der Waals surface area contributed by atoms with Crippen LogP contribution in [0.5, 0.6) is 11.8 Å². The van der Waals surface area contributed by atoms with Gasteiger partial charge in [-0.3, -0.25) is 0 Å². The quantitative estimate of drug-likeness (QED) is 0.753. The molecule has 0 atom stereocenters. The molecular formula is C10H8FN3O. The molecule has 0 saturated carbocycles. The summed E-state index contributed by atoms with van der Waals surface area (Å²) in [4.78, 5) is 10.3. The lowest BCUT2D eigenvalue weighted by molar-refractivity contribution is 0.412. The Morgan fingerprint density at radius 1 is 1.13 bits per heavy atom. The number of benzene rings is 1. The zero-order chi connectivity index (χ0) is 10.7. The van der Waals surface area contributed by atoms with E-state index in [0.29, 0.717) is 5.75 Å². The second kappa shape index (κ2) is 4.00. The molecule has 1 aromatic heterocycles. The lowest BCUT2D eigenvalue weighted by Gasteiger charge is -2.02. The minimum Gasteiger partial charge on any atom is -0.424 e. The van der Waals surface area contributed by atoms with Crippen molar-refractivity contribution >= 4 is 0 Å². The summed E-state index contributed by atoms with van der Waals surface area (Å²) in [5.74, 6) is 0.561. The molecule has 0 aliphatic heterocycles. The standard InChI is InChI=1S/C10H8FN3O/c1-7-2-4-8(5-3-7)15-10-13-6-12-9(11)14-10/h2-6H,1H3. The number of hydrogen-bond acceptors (Lipinski definition) is 4. The number of ether oxygens (including phenoxy) is 1. The first-order valence-electron chi connectivity index (χ1n) is 4.33. The van der Waals surface area contributed by atoms with Gasteiger partial charge in [0.05, 0.1) is 0 Å². The monoisotopic (exact) mass is 205 g/mol.